The van der Waals surface area contributed by atoms with Gasteiger partial charge in [-0.25, -0.2) is 9.59 Å². The lowest BCUT2D eigenvalue weighted by molar-refractivity contribution is -0.135. The van der Waals surface area contributed by atoms with Gasteiger partial charge in [-0.3, -0.25) is 24.0 Å². The molecule has 1 N–H and O–H groups in total. The van der Waals surface area contributed by atoms with Crippen molar-refractivity contribution >= 4 is 28.9 Å². The van der Waals surface area contributed by atoms with Crippen LogP contribution in [-0.2, 0) is 26.1 Å². The number of piperidine rings is 1. The number of aryl methyl sites for hydroxylation is 1. The Bertz CT molecular complexity index is 1320. The van der Waals surface area contributed by atoms with Gasteiger partial charge in [-0.05, 0) is 52.2 Å². The molecule has 0 radical (unpaired) electrons. The maximum absolute atomic E-state index is 13.0. The number of nitrogens with one attached hydrogen (secondary N) is 1. The summed E-state index contributed by atoms with van der Waals surface area (Å²) in [4.78, 5) is 50.7. The first-order valence-electron chi connectivity index (χ1n) is 12.1. The SMILES string of the molecule is CN(C(=O)OC(C)(C)C)C1CC(OCC#Cc2cccc3c2n(C)c(=O)n3C2CCC(=O)NC2=O)C1. The Morgan fingerprint density at radius 3 is 2.61 bits per heavy atom. The fourth-order valence-corrected chi connectivity index (χ4v) is 4.53. The fraction of sp³-hybridized carbons (Fsp3) is 0.538. The molecule has 1 aliphatic heterocycles. The van der Waals surface area contributed by atoms with Crippen molar-refractivity contribution in [2.24, 2.45) is 7.05 Å². The Morgan fingerprint density at radius 2 is 1.94 bits per heavy atom. The minimum Gasteiger partial charge on any atom is -0.444 e. The van der Waals surface area contributed by atoms with Crippen molar-refractivity contribution in [2.75, 3.05) is 13.7 Å². The van der Waals surface area contributed by atoms with Crippen LogP contribution in [-0.4, -0.2) is 63.3 Å². The van der Waals surface area contributed by atoms with E-state index in [1.54, 1.807) is 31.1 Å². The largest absolute Gasteiger partial charge is 0.444 e. The first kappa shape index (κ1) is 25.5. The molecule has 2 fully saturated rings. The van der Waals surface area contributed by atoms with Crippen LogP contribution >= 0.6 is 0 Å². The highest BCUT2D eigenvalue weighted by Gasteiger charge is 2.36. The quantitative estimate of drug-likeness (QED) is 0.513. The van der Waals surface area contributed by atoms with E-state index in [-0.39, 0.29) is 49.3 Å². The van der Waals surface area contributed by atoms with Crippen molar-refractivity contribution < 1.29 is 23.9 Å². The first-order valence-corrected chi connectivity index (χ1v) is 12.1. The molecule has 10 nitrogen and oxygen atoms in total. The minimum atomic E-state index is -0.740. The summed E-state index contributed by atoms with van der Waals surface area (Å²) in [5.74, 6) is 5.30. The molecule has 1 unspecified atom stereocenters. The van der Waals surface area contributed by atoms with Gasteiger partial charge in [-0.15, -0.1) is 0 Å². The minimum absolute atomic E-state index is 0.0166. The zero-order valence-electron chi connectivity index (χ0n) is 21.3. The molecule has 10 heteroatoms. The highest BCUT2D eigenvalue weighted by atomic mass is 16.6. The third-order valence-corrected chi connectivity index (χ3v) is 6.54. The van der Waals surface area contributed by atoms with Crippen LogP contribution in [0.5, 0.6) is 0 Å². The monoisotopic (exact) mass is 496 g/mol. The summed E-state index contributed by atoms with van der Waals surface area (Å²) < 4.78 is 14.2. The number of amides is 3. The third kappa shape index (κ3) is 5.16. The van der Waals surface area contributed by atoms with Crippen molar-refractivity contribution in [2.45, 2.75) is 70.2 Å². The summed E-state index contributed by atoms with van der Waals surface area (Å²) in [5.41, 5.74) is 1.01. The molecule has 1 saturated carbocycles. The van der Waals surface area contributed by atoms with Crippen molar-refractivity contribution in [3.8, 4) is 11.8 Å². The average molecular weight is 497 g/mol. The highest BCUT2D eigenvalue weighted by molar-refractivity contribution is 6.00. The van der Waals surface area contributed by atoms with E-state index >= 15 is 0 Å². The van der Waals surface area contributed by atoms with Crippen LogP contribution in [0.1, 0.15) is 58.1 Å². The number of ether oxygens (including phenoxy) is 2. The van der Waals surface area contributed by atoms with E-state index in [0.717, 1.165) is 12.8 Å². The van der Waals surface area contributed by atoms with E-state index in [1.807, 2.05) is 26.8 Å². The number of hydrogen-bond donors (Lipinski definition) is 1. The topological polar surface area (TPSA) is 112 Å². The van der Waals surface area contributed by atoms with Crippen molar-refractivity contribution in [3.05, 3.63) is 34.2 Å². The normalized spacial score (nSPS) is 21.9. The van der Waals surface area contributed by atoms with E-state index in [1.165, 1.54) is 9.13 Å². The number of fused-ring (bicyclic) bond motifs is 1. The average Bonchev–Trinajstić information content (AvgIpc) is 3.02. The Balaban J connectivity index is 1.40. The lowest BCUT2D eigenvalue weighted by atomic mass is 9.88. The second-order valence-corrected chi connectivity index (χ2v) is 10.3. The number of nitrogens with zero attached hydrogens (tertiary/aromatic N) is 3. The zero-order chi connectivity index (χ0) is 26.2. The molecule has 192 valence electrons. The van der Waals surface area contributed by atoms with Gasteiger partial charge in [0, 0.05) is 26.6 Å². The predicted octanol–water partition coefficient (Wildman–Crippen LogP) is 2.08. The molecule has 1 aliphatic carbocycles. The van der Waals surface area contributed by atoms with Crippen LogP contribution in [0.4, 0.5) is 4.79 Å². The van der Waals surface area contributed by atoms with Crippen molar-refractivity contribution in [1.82, 2.24) is 19.4 Å². The number of imidazole rings is 1. The number of imide groups is 1. The van der Waals surface area contributed by atoms with Crippen LogP contribution in [0.3, 0.4) is 0 Å². The maximum atomic E-state index is 13.0. The van der Waals surface area contributed by atoms with Gasteiger partial charge in [0.05, 0.1) is 22.7 Å². The predicted molar refractivity (Wildman–Crippen MR) is 132 cm³/mol. The number of rotatable bonds is 4. The van der Waals surface area contributed by atoms with Crippen LogP contribution in [0, 0.1) is 11.8 Å². The lowest BCUT2D eigenvalue weighted by Gasteiger charge is -2.40. The van der Waals surface area contributed by atoms with Gasteiger partial charge in [0.2, 0.25) is 11.8 Å². The van der Waals surface area contributed by atoms with E-state index in [0.29, 0.717) is 16.6 Å². The number of carbonyl (C=O) groups is 3. The molecule has 2 aliphatic rings. The smallest absolute Gasteiger partial charge is 0.410 e. The van der Waals surface area contributed by atoms with Crippen molar-refractivity contribution in [1.29, 1.82) is 0 Å². The van der Waals surface area contributed by atoms with E-state index in [4.69, 9.17) is 9.47 Å². The Morgan fingerprint density at radius 1 is 1.22 bits per heavy atom. The van der Waals surface area contributed by atoms with Gasteiger partial charge in [0.15, 0.2) is 0 Å². The molecule has 3 amide bonds. The summed E-state index contributed by atoms with van der Waals surface area (Å²) >= 11 is 0. The number of para-hydroxylation sites is 1. The molecule has 0 bridgehead atoms. The number of carbonyl (C=O) groups excluding carboxylic acids is 3. The van der Waals surface area contributed by atoms with E-state index < -0.39 is 17.6 Å². The third-order valence-electron chi connectivity index (χ3n) is 6.54. The Labute approximate surface area is 209 Å². The highest BCUT2D eigenvalue weighted by Crippen LogP contribution is 2.29. The standard InChI is InChI=1S/C26H32N4O6/c1-26(2,3)36-25(34)28(4)17-14-18(15-17)35-13-7-9-16-8-6-10-19-22(16)29(5)24(33)30(19)20-11-12-21(31)27-23(20)32/h6,8,10,17-18,20H,11-15H2,1-5H3,(H,27,31,32). The lowest BCUT2D eigenvalue weighted by Crippen LogP contribution is -2.50. The fourth-order valence-electron chi connectivity index (χ4n) is 4.53. The van der Waals surface area contributed by atoms with Crippen molar-refractivity contribution in [3.63, 3.8) is 0 Å². The van der Waals surface area contributed by atoms with Gasteiger partial charge >= 0.3 is 11.8 Å². The van der Waals surface area contributed by atoms with Crippen LogP contribution in [0.2, 0.25) is 0 Å². The summed E-state index contributed by atoms with van der Waals surface area (Å²) in [6.07, 6.45) is 1.58. The molecule has 1 aromatic carbocycles. The number of aromatic nitrogens is 2. The molecule has 36 heavy (non-hydrogen) atoms. The molecule has 1 atom stereocenters. The Hall–Kier alpha value is -3.58. The van der Waals surface area contributed by atoms with Gasteiger partial charge < -0.3 is 14.4 Å². The Kier molecular flexibility index (Phi) is 6.96. The number of benzene rings is 1. The van der Waals surface area contributed by atoms with Gasteiger partial charge in [0.1, 0.15) is 18.2 Å². The van der Waals surface area contributed by atoms with Gasteiger partial charge in [0.25, 0.3) is 0 Å². The van der Waals surface area contributed by atoms with Gasteiger partial charge in [-0.2, -0.15) is 0 Å². The van der Waals surface area contributed by atoms with Crippen LogP contribution in [0.15, 0.2) is 23.0 Å². The molecule has 2 aromatic rings. The van der Waals surface area contributed by atoms with E-state index in [2.05, 4.69) is 17.2 Å². The summed E-state index contributed by atoms with van der Waals surface area (Å²) in [5, 5.41) is 2.31. The van der Waals surface area contributed by atoms with Crippen LogP contribution in [0.25, 0.3) is 11.0 Å². The molecular formula is C26H32N4O6. The molecule has 1 saturated heterocycles. The van der Waals surface area contributed by atoms with Crippen LogP contribution < -0.4 is 11.0 Å². The van der Waals surface area contributed by atoms with E-state index in [9.17, 15) is 19.2 Å². The first-order chi connectivity index (χ1) is 17.0. The molecular weight excluding hydrogens is 464 g/mol. The van der Waals surface area contributed by atoms with Gasteiger partial charge in [-0.1, -0.05) is 17.9 Å². The zero-order valence-corrected chi connectivity index (χ0v) is 21.3. The molecule has 0 spiro atoms. The molecule has 1 aromatic heterocycles. The summed E-state index contributed by atoms with van der Waals surface area (Å²) in [7, 11) is 3.38. The molecule has 2 heterocycles. The summed E-state index contributed by atoms with van der Waals surface area (Å²) in [6, 6.07) is 4.72. The second-order valence-electron chi connectivity index (χ2n) is 10.3. The molecule has 4 rings (SSSR count). The summed E-state index contributed by atoms with van der Waals surface area (Å²) in [6.45, 7) is 5.73. The maximum Gasteiger partial charge on any atom is 0.410 e. The number of hydrogen-bond acceptors (Lipinski definition) is 6. The second kappa shape index (κ2) is 9.82.